The number of rotatable bonds is 7. The van der Waals surface area contributed by atoms with Crippen molar-refractivity contribution in [3.8, 4) is 5.75 Å². The van der Waals surface area contributed by atoms with Gasteiger partial charge in [-0.3, -0.25) is 9.89 Å². The van der Waals surface area contributed by atoms with Crippen molar-refractivity contribution in [2.75, 3.05) is 59.6 Å². The van der Waals surface area contributed by atoms with Gasteiger partial charge in [0.2, 0.25) is 0 Å². The van der Waals surface area contributed by atoms with Crippen LogP contribution in [0.1, 0.15) is 19.3 Å². The average molecular weight is 506 g/mol. The lowest BCUT2D eigenvalue weighted by Crippen LogP contribution is -2.46. The minimum absolute atomic E-state index is 0. The third-order valence-electron chi connectivity index (χ3n) is 5.17. The fourth-order valence-corrected chi connectivity index (χ4v) is 3.66. The molecule has 0 radical (unpaired) electrons. The lowest BCUT2D eigenvalue weighted by Gasteiger charge is -2.32. The first-order valence-electron chi connectivity index (χ1n) is 9.92. The maximum Gasteiger partial charge on any atom is 0.193 e. The van der Waals surface area contributed by atoms with Crippen LogP contribution in [0.4, 0.5) is 4.39 Å². The Kier molecular flexibility index (Phi) is 10.3. The molecule has 2 aliphatic heterocycles. The summed E-state index contributed by atoms with van der Waals surface area (Å²) in [7, 11) is 1.85. The second kappa shape index (κ2) is 12.4. The molecular formula is C20H32FIN4O2. The molecule has 1 unspecified atom stereocenters. The Morgan fingerprint density at radius 3 is 2.68 bits per heavy atom. The van der Waals surface area contributed by atoms with Crippen molar-refractivity contribution in [1.29, 1.82) is 0 Å². The van der Waals surface area contributed by atoms with E-state index in [0.717, 1.165) is 64.7 Å². The van der Waals surface area contributed by atoms with E-state index in [-0.39, 0.29) is 29.8 Å². The van der Waals surface area contributed by atoms with Crippen LogP contribution in [-0.2, 0) is 4.74 Å². The molecular weight excluding hydrogens is 474 g/mol. The molecule has 1 atom stereocenters. The van der Waals surface area contributed by atoms with Crippen LogP contribution in [0, 0.1) is 5.82 Å². The first kappa shape index (κ1) is 23.2. The van der Waals surface area contributed by atoms with E-state index in [2.05, 4.69) is 20.1 Å². The molecule has 1 aromatic rings. The number of benzene rings is 1. The van der Waals surface area contributed by atoms with Gasteiger partial charge in [-0.25, -0.2) is 4.39 Å². The van der Waals surface area contributed by atoms with Crippen LogP contribution < -0.4 is 10.1 Å². The van der Waals surface area contributed by atoms with E-state index in [1.165, 1.54) is 18.6 Å². The molecule has 0 aliphatic carbocycles. The van der Waals surface area contributed by atoms with Crippen molar-refractivity contribution >= 4 is 29.9 Å². The SMILES string of the molecule is CN=C(NCCCCOc1ccc(F)cc1)N1CCC(N2CCOCC2)C1.I. The summed E-state index contributed by atoms with van der Waals surface area (Å²) < 4.78 is 23.9. The van der Waals surface area contributed by atoms with Gasteiger partial charge in [-0.1, -0.05) is 0 Å². The zero-order chi connectivity index (χ0) is 18.9. The van der Waals surface area contributed by atoms with E-state index < -0.39 is 0 Å². The predicted molar refractivity (Wildman–Crippen MR) is 120 cm³/mol. The first-order chi connectivity index (χ1) is 13.3. The summed E-state index contributed by atoms with van der Waals surface area (Å²) in [5.74, 6) is 1.47. The predicted octanol–water partition coefficient (Wildman–Crippen LogP) is 2.58. The first-order valence-corrected chi connectivity index (χ1v) is 9.92. The van der Waals surface area contributed by atoms with Gasteiger partial charge in [0.25, 0.3) is 0 Å². The summed E-state index contributed by atoms with van der Waals surface area (Å²) >= 11 is 0. The molecule has 6 nitrogen and oxygen atoms in total. The molecule has 0 aromatic heterocycles. The van der Waals surface area contributed by atoms with E-state index in [1.807, 2.05) is 7.05 Å². The lowest BCUT2D eigenvalue weighted by atomic mass is 10.2. The van der Waals surface area contributed by atoms with Crippen LogP contribution in [0.25, 0.3) is 0 Å². The Bertz CT molecular complexity index is 596. The summed E-state index contributed by atoms with van der Waals surface area (Å²) in [6.45, 7) is 7.37. The van der Waals surface area contributed by atoms with Gasteiger partial charge in [-0.05, 0) is 43.5 Å². The Morgan fingerprint density at radius 1 is 1.21 bits per heavy atom. The summed E-state index contributed by atoms with van der Waals surface area (Å²) in [6.07, 6.45) is 3.13. The smallest absolute Gasteiger partial charge is 0.193 e. The maximum absolute atomic E-state index is 12.9. The molecule has 8 heteroatoms. The molecule has 2 heterocycles. The summed E-state index contributed by atoms with van der Waals surface area (Å²) in [6, 6.07) is 6.76. The highest BCUT2D eigenvalue weighted by molar-refractivity contribution is 14.0. The number of morpholine rings is 1. The van der Waals surface area contributed by atoms with Gasteiger partial charge in [0, 0.05) is 45.8 Å². The van der Waals surface area contributed by atoms with Crippen LogP contribution in [0.5, 0.6) is 5.75 Å². The Balaban J connectivity index is 0.00000280. The number of ether oxygens (including phenoxy) is 2. The molecule has 28 heavy (non-hydrogen) atoms. The van der Waals surface area contributed by atoms with E-state index in [0.29, 0.717) is 18.4 Å². The molecule has 0 amide bonds. The molecule has 2 fully saturated rings. The van der Waals surface area contributed by atoms with Crippen LogP contribution in [0.15, 0.2) is 29.3 Å². The molecule has 0 bridgehead atoms. The number of hydrogen-bond donors (Lipinski definition) is 1. The van der Waals surface area contributed by atoms with Crippen LogP contribution in [-0.4, -0.2) is 81.4 Å². The van der Waals surface area contributed by atoms with Gasteiger partial charge < -0.3 is 19.7 Å². The highest BCUT2D eigenvalue weighted by Crippen LogP contribution is 2.17. The number of unbranched alkanes of at least 4 members (excludes halogenated alkanes) is 1. The number of hydrogen-bond acceptors (Lipinski definition) is 4. The monoisotopic (exact) mass is 506 g/mol. The van der Waals surface area contributed by atoms with E-state index in [9.17, 15) is 4.39 Å². The molecule has 3 rings (SSSR count). The summed E-state index contributed by atoms with van der Waals surface area (Å²) in [5.41, 5.74) is 0. The number of likely N-dealkylation sites (tertiary alicyclic amines) is 1. The molecule has 1 aromatic carbocycles. The van der Waals surface area contributed by atoms with Gasteiger partial charge in [0.1, 0.15) is 11.6 Å². The topological polar surface area (TPSA) is 49.3 Å². The van der Waals surface area contributed by atoms with E-state index in [1.54, 1.807) is 12.1 Å². The van der Waals surface area contributed by atoms with E-state index in [4.69, 9.17) is 9.47 Å². The third-order valence-corrected chi connectivity index (χ3v) is 5.17. The number of guanidine groups is 1. The highest BCUT2D eigenvalue weighted by Gasteiger charge is 2.30. The van der Waals surface area contributed by atoms with E-state index >= 15 is 0 Å². The number of halogens is 2. The Labute approximate surface area is 184 Å². The molecule has 2 saturated heterocycles. The van der Waals surface area contributed by atoms with Crippen molar-refractivity contribution in [3.05, 3.63) is 30.1 Å². The summed E-state index contributed by atoms with van der Waals surface area (Å²) in [4.78, 5) is 9.35. The van der Waals surface area contributed by atoms with Crippen LogP contribution in [0.3, 0.4) is 0 Å². The minimum atomic E-state index is -0.240. The number of nitrogens with one attached hydrogen (secondary N) is 1. The van der Waals surface area contributed by atoms with Crippen LogP contribution >= 0.6 is 24.0 Å². The lowest BCUT2D eigenvalue weighted by molar-refractivity contribution is 0.0195. The molecule has 158 valence electrons. The zero-order valence-electron chi connectivity index (χ0n) is 16.6. The second-order valence-electron chi connectivity index (χ2n) is 7.02. The van der Waals surface area contributed by atoms with Gasteiger partial charge >= 0.3 is 0 Å². The molecule has 0 spiro atoms. The quantitative estimate of drug-likeness (QED) is 0.267. The minimum Gasteiger partial charge on any atom is -0.494 e. The maximum atomic E-state index is 12.9. The Morgan fingerprint density at radius 2 is 1.96 bits per heavy atom. The van der Waals surface area contributed by atoms with Crippen molar-refractivity contribution in [2.24, 2.45) is 4.99 Å². The highest BCUT2D eigenvalue weighted by atomic mass is 127. The second-order valence-corrected chi connectivity index (χ2v) is 7.02. The van der Waals surface area contributed by atoms with Crippen molar-refractivity contribution < 1.29 is 13.9 Å². The van der Waals surface area contributed by atoms with Gasteiger partial charge in [0.15, 0.2) is 5.96 Å². The summed E-state index contributed by atoms with van der Waals surface area (Å²) in [5, 5.41) is 3.47. The molecule has 1 N–H and O–H groups in total. The van der Waals surface area contributed by atoms with Gasteiger partial charge in [0.05, 0.1) is 19.8 Å². The van der Waals surface area contributed by atoms with Crippen molar-refractivity contribution in [1.82, 2.24) is 15.1 Å². The standard InChI is InChI=1S/C20H31FN4O2.HI/c1-22-20(25-10-8-18(16-25)24-11-14-26-15-12-24)23-9-2-3-13-27-19-6-4-17(21)5-7-19;/h4-7,18H,2-3,8-16H2,1H3,(H,22,23);1H. The van der Waals surface area contributed by atoms with Crippen LogP contribution in [0.2, 0.25) is 0 Å². The number of nitrogens with zero attached hydrogens (tertiary/aromatic N) is 3. The Hall–Kier alpha value is -1.13. The van der Waals surface area contributed by atoms with Gasteiger partial charge in [-0.15, -0.1) is 24.0 Å². The van der Waals surface area contributed by atoms with Crippen molar-refractivity contribution in [3.63, 3.8) is 0 Å². The van der Waals surface area contributed by atoms with Crippen molar-refractivity contribution in [2.45, 2.75) is 25.3 Å². The molecule has 0 saturated carbocycles. The largest absolute Gasteiger partial charge is 0.494 e. The molecule has 2 aliphatic rings. The normalized spacial score (nSPS) is 20.7. The average Bonchev–Trinajstić information content (AvgIpc) is 3.19. The number of aliphatic imine (C=N–C) groups is 1. The fourth-order valence-electron chi connectivity index (χ4n) is 3.66. The zero-order valence-corrected chi connectivity index (χ0v) is 18.9. The fraction of sp³-hybridized carbons (Fsp3) is 0.650. The van der Waals surface area contributed by atoms with Gasteiger partial charge in [-0.2, -0.15) is 0 Å². The third kappa shape index (κ3) is 7.04.